The van der Waals surface area contributed by atoms with Crippen LogP contribution in [0, 0.1) is 5.41 Å². The molecule has 164 valence electrons. The fraction of sp³-hybridized carbons (Fsp3) is 1.00. The highest BCUT2D eigenvalue weighted by atomic mass is 31.1. The Morgan fingerprint density at radius 1 is 0.519 bits per heavy atom. The predicted molar refractivity (Wildman–Crippen MR) is 123 cm³/mol. The maximum atomic E-state index is 5.90. The van der Waals surface area contributed by atoms with Gasteiger partial charge in [0.05, 0.1) is 26.4 Å². The van der Waals surface area contributed by atoms with Crippen LogP contribution in [0.15, 0.2) is 0 Å². The standard InChI is InChI=1S/C21H46O4P2/c1-7-11-22-15-17-24-13-9-21(19-26(3)4,20-27(5)6)10-14-25-18-16-23-12-8-2/h7-20H2,1-6H3. The summed E-state index contributed by atoms with van der Waals surface area (Å²) in [5.74, 6) is 0. The lowest BCUT2D eigenvalue weighted by atomic mass is 9.85. The lowest BCUT2D eigenvalue weighted by molar-refractivity contribution is 0.0231. The van der Waals surface area contributed by atoms with Crippen molar-refractivity contribution in [3.8, 4) is 0 Å². The van der Waals surface area contributed by atoms with Crippen LogP contribution in [0.4, 0.5) is 0 Å². The predicted octanol–water partition coefficient (Wildman–Crippen LogP) is 5.12. The van der Waals surface area contributed by atoms with Gasteiger partial charge in [0, 0.05) is 26.4 Å². The molecule has 0 aromatic heterocycles. The molecular formula is C21H46O4P2. The molecule has 0 spiro atoms. The van der Waals surface area contributed by atoms with Crippen LogP contribution in [0.25, 0.3) is 0 Å². The zero-order valence-electron chi connectivity index (χ0n) is 18.9. The van der Waals surface area contributed by atoms with Gasteiger partial charge in [-0.3, -0.25) is 0 Å². The second-order valence-corrected chi connectivity index (χ2v) is 12.9. The van der Waals surface area contributed by atoms with Gasteiger partial charge in [-0.1, -0.05) is 13.8 Å². The summed E-state index contributed by atoms with van der Waals surface area (Å²) in [5, 5.41) is 0. The molecule has 0 aliphatic heterocycles. The molecule has 0 amide bonds. The van der Waals surface area contributed by atoms with Crippen molar-refractivity contribution in [1.29, 1.82) is 0 Å². The van der Waals surface area contributed by atoms with Gasteiger partial charge in [0.25, 0.3) is 0 Å². The van der Waals surface area contributed by atoms with Crippen LogP contribution in [0.3, 0.4) is 0 Å². The fourth-order valence-electron chi connectivity index (χ4n) is 3.34. The summed E-state index contributed by atoms with van der Waals surface area (Å²) in [7, 11) is 0.132. The van der Waals surface area contributed by atoms with Crippen LogP contribution >= 0.6 is 15.8 Å². The van der Waals surface area contributed by atoms with Crippen molar-refractivity contribution in [2.24, 2.45) is 5.41 Å². The smallest absolute Gasteiger partial charge is 0.0700 e. The highest BCUT2D eigenvalue weighted by Crippen LogP contribution is 2.46. The molecule has 27 heavy (non-hydrogen) atoms. The average Bonchev–Trinajstić information content (AvgIpc) is 2.59. The Morgan fingerprint density at radius 2 is 0.852 bits per heavy atom. The Labute approximate surface area is 171 Å². The molecule has 0 aliphatic carbocycles. The summed E-state index contributed by atoms with van der Waals surface area (Å²) in [6.45, 7) is 20.0. The number of rotatable bonds is 20. The largest absolute Gasteiger partial charge is 0.379 e. The monoisotopic (exact) mass is 424 g/mol. The van der Waals surface area contributed by atoms with Gasteiger partial charge in [-0.05, 0) is 70.1 Å². The molecule has 0 aliphatic rings. The van der Waals surface area contributed by atoms with Crippen molar-refractivity contribution in [3.63, 3.8) is 0 Å². The molecular weight excluding hydrogens is 378 g/mol. The minimum Gasteiger partial charge on any atom is -0.379 e. The van der Waals surface area contributed by atoms with E-state index in [-0.39, 0.29) is 15.8 Å². The van der Waals surface area contributed by atoms with Gasteiger partial charge in [0.15, 0.2) is 0 Å². The molecule has 0 radical (unpaired) electrons. The normalized spacial score (nSPS) is 12.4. The van der Waals surface area contributed by atoms with E-state index in [4.69, 9.17) is 18.9 Å². The van der Waals surface area contributed by atoms with E-state index >= 15 is 0 Å². The number of hydrogen-bond donors (Lipinski definition) is 0. The van der Waals surface area contributed by atoms with Crippen molar-refractivity contribution < 1.29 is 18.9 Å². The van der Waals surface area contributed by atoms with E-state index in [1.54, 1.807) is 0 Å². The number of ether oxygens (including phenoxy) is 4. The Bertz CT molecular complexity index is 285. The van der Waals surface area contributed by atoms with E-state index in [1.807, 2.05) is 0 Å². The summed E-state index contributed by atoms with van der Waals surface area (Å²) >= 11 is 0. The third kappa shape index (κ3) is 17.3. The maximum Gasteiger partial charge on any atom is 0.0700 e. The summed E-state index contributed by atoms with van der Waals surface area (Å²) in [6, 6.07) is 0. The van der Waals surface area contributed by atoms with Gasteiger partial charge in [-0.15, -0.1) is 15.8 Å². The summed E-state index contributed by atoms with van der Waals surface area (Å²) in [4.78, 5) is 0. The highest BCUT2D eigenvalue weighted by molar-refractivity contribution is 7.57. The van der Waals surface area contributed by atoms with E-state index in [2.05, 4.69) is 40.5 Å². The van der Waals surface area contributed by atoms with E-state index in [0.29, 0.717) is 31.8 Å². The second kappa shape index (κ2) is 18.7. The summed E-state index contributed by atoms with van der Waals surface area (Å²) < 4.78 is 22.8. The van der Waals surface area contributed by atoms with E-state index in [0.717, 1.165) is 52.1 Å². The van der Waals surface area contributed by atoms with Gasteiger partial charge in [-0.25, -0.2) is 0 Å². The van der Waals surface area contributed by atoms with Crippen molar-refractivity contribution in [2.75, 3.05) is 91.8 Å². The molecule has 0 heterocycles. The molecule has 0 bridgehead atoms. The topological polar surface area (TPSA) is 36.9 Å². The molecule has 0 unspecified atom stereocenters. The minimum absolute atomic E-state index is 0.0659. The third-order valence-electron chi connectivity index (χ3n) is 4.30. The van der Waals surface area contributed by atoms with Gasteiger partial charge in [0.1, 0.15) is 0 Å². The van der Waals surface area contributed by atoms with Gasteiger partial charge in [0.2, 0.25) is 0 Å². The van der Waals surface area contributed by atoms with Crippen LogP contribution in [-0.2, 0) is 18.9 Å². The van der Waals surface area contributed by atoms with Gasteiger partial charge >= 0.3 is 0 Å². The molecule has 6 heteroatoms. The van der Waals surface area contributed by atoms with E-state index in [1.165, 1.54) is 12.3 Å². The lowest BCUT2D eigenvalue weighted by Gasteiger charge is -2.37. The first kappa shape index (κ1) is 27.7. The van der Waals surface area contributed by atoms with Gasteiger partial charge in [-0.2, -0.15) is 0 Å². The molecule has 0 fully saturated rings. The Hall–Kier alpha value is 0.700. The molecule has 0 N–H and O–H groups in total. The van der Waals surface area contributed by atoms with Crippen molar-refractivity contribution in [1.82, 2.24) is 0 Å². The molecule has 0 aromatic rings. The van der Waals surface area contributed by atoms with E-state index in [9.17, 15) is 0 Å². The maximum absolute atomic E-state index is 5.90. The second-order valence-electron chi connectivity index (χ2n) is 7.93. The van der Waals surface area contributed by atoms with Crippen molar-refractivity contribution >= 4 is 15.8 Å². The van der Waals surface area contributed by atoms with Crippen LogP contribution in [0.2, 0.25) is 0 Å². The quantitative estimate of drug-likeness (QED) is 0.201. The first-order valence-electron chi connectivity index (χ1n) is 10.6. The summed E-state index contributed by atoms with van der Waals surface area (Å²) in [6.07, 6.45) is 7.04. The van der Waals surface area contributed by atoms with Crippen molar-refractivity contribution in [2.45, 2.75) is 39.5 Å². The molecule has 0 rings (SSSR count). The molecule has 0 atom stereocenters. The number of hydrogen-bond acceptors (Lipinski definition) is 4. The van der Waals surface area contributed by atoms with Crippen LogP contribution in [0.1, 0.15) is 39.5 Å². The van der Waals surface area contributed by atoms with Crippen molar-refractivity contribution in [3.05, 3.63) is 0 Å². The van der Waals surface area contributed by atoms with Gasteiger partial charge < -0.3 is 18.9 Å². The fourth-order valence-corrected chi connectivity index (χ4v) is 7.06. The van der Waals surface area contributed by atoms with Crippen LogP contribution in [-0.4, -0.2) is 91.8 Å². The molecule has 0 aromatic carbocycles. The Morgan fingerprint density at radius 3 is 1.15 bits per heavy atom. The minimum atomic E-state index is 0.0659. The Kier molecular flexibility index (Phi) is 19.2. The average molecular weight is 425 g/mol. The summed E-state index contributed by atoms with van der Waals surface area (Å²) in [5.41, 5.74) is 0.360. The molecule has 4 nitrogen and oxygen atoms in total. The SMILES string of the molecule is CCCOCCOCCC(CCOCCOCCC)(CP(C)C)CP(C)C. The first-order valence-corrected chi connectivity index (χ1v) is 15.4. The molecule has 0 saturated carbocycles. The van der Waals surface area contributed by atoms with Crippen LogP contribution < -0.4 is 0 Å². The zero-order valence-corrected chi connectivity index (χ0v) is 20.7. The molecule has 0 saturated heterocycles. The first-order chi connectivity index (χ1) is 13.0. The lowest BCUT2D eigenvalue weighted by Crippen LogP contribution is -2.32. The zero-order chi connectivity index (χ0) is 20.4. The van der Waals surface area contributed by atoms with Crippen LogP contribution in [0.5, 0.6) is 0 Å². The highest BCUT2D eigenvalue weighted by Gasteiger charge is 2.31. The Balaban J connectivity index is 4.40. The third-order valence-corrected chi connectivity index (χ3v) is 6.90. The van der Waals surface area contributed by atoms with E-state index < -0.39 is 0 Å².